The lowest BCUT2D eigenvalue weighted by molar-refractivity contribution is 1.01. The molecule has 0 fully saturated rings. The van der Waals surface area contributed by atoms with E-state index in [1.54, 1.807) is 12.1 Å². The molecule has 2 aromatic heterocycles. The number of hydrogen-bond donors (Lipinski definition) is 0. The molecule has 0 bridgehead atoms. The van der Waals surface area contributed by atoms with E-state index in [4.69, 9.17) is 34.8 Å². The van der Waals surface area contributed by atoms with Crippen LogP contribution in [0.3, 0.4) is 0 Å². The zero-order valence-corrected chi connectivity index (χ0v) is 9.42. The molecular weight excluding hydrogens is 258 g/mol. The molecule has 0 aromatic carbocycles. The van der Waals surface area contributed by atoms with Crippen LogP contribution in [-0.2, 0) is 0 Å². The van der Waals surface area contributed by atoms with Gasteiger partial charge in [-0.15, -0.1) is 10.2 Å². The topological polar surface area (TPSA) is 51.6 Å². The van der Waals surface area contributed by atoms with Crippen molar-refractivity contribution in [2.45, 2.75) is 0 Å². The van der Waals surface area contributed by atoms with E-state index < -0.39 is 0 Å². The van der Waals surface area contributed by atoms with Gasteiger partial charge in [-0.1, -0.05) is 34.8 Å². The van der Waals surface area contributed by atoms with Gasteiger partial charge in [-0.3, -0.25) is 0 Å². The Morgan fingerprint density at radius 3 is 2.00 bits per heavy atom. The van der Waals surface area contributed by atoms with Crippen LogP contribution >= 0.6 is 34.8 Å². The van der Waals surface area contributed by atoms with Crippen molar-refractivity contribution in [3.05, 3.63) is 33.7 Å². The molecule has 7 heteroatoms. The monoisotopic (exact) mass is 260 g/mol. The summed E-state index contributed by atoms with van der Waals surface area (Å²) in [5, 5.41) is 8.27. The minimum Gasteiger partial charge on any atom is -0.215 e. The van der Waals surface area contributed by atoms with Crippen LogP contribution in [0.2, 0.25) is 15.5 Å². The third-order valence-corrected chi connectivity index (χ3v) is 2.11. The molecule has 2 heterocycles. The van der Waals surface area contributed by atoms with Gasteiger partial charge in [-0.25, -0.2) is 9.97 Å². The lowest BCUT2D eigenvalue weighted by Crippen LogP contribution is -1.94. The second-order valence-electron chi connectivity index (χ2n) is 2.58. The van der Waals surface area contributed by atoms with Gasteiger partial charge in [0.25, 0.3) is 0 Å². The molecule has 0 radical (unpaired) electrons. The normalized spacial score (nSPS) is 10.3. The van der Waals surface area contributed by atoms with Crippen molar-refractivity contribution in [1.29, 1.82) is 0 Å². The van der Waals surface area contributed by atoms with Gasteiger partial charge in [0.2, 0.25) is 0 Å². The quantitative estimate of drug-likeness (QED) is 0.741. The van der Waals surface area contributed by atoms with E-state index in [1.165, 1.54) is 6.07 Å². The van der Waals surface area contributed by atoms with Gasteiger partial charge in [-0.2, -0.15) is 0 Å². The van der Waals surface area contributed by atoms with Crippen molar-refractivity contribution < 1.29 is 0 Å². The predicted molar refractivity (Wildman–Crippen MR) is 58.1 cm³/mol. The lowest BCUT2D eigenvalue weighted by atomic mass is 10.4. The number of aromatic nitrogens is 4. The van der Waals surface area contributed by atoms with E-state index in [9.17, 15) is 0 Å². The fourth-order valence-corrected chi connectivity index (χ4v) is 1.46. The highest BCUT2D eigenvalue weighted by Gasteiger charge is 2.06. The zero-order valence-electron chi connectivity index (χ0n) is 7.15. The van der Waals surface area contributed by atoms with Crippen molar-refractivity contribution in [1.82, 2.24) is 20.2 Å². The van der Waals surface area contributed by atoms with Crippen molar-refractivity contribution in [3.8, 4) is 11.5 Å². The van der Waals surface area contributed by atoms with Crippen molar-refractivity contribution in [2.24, 2.45) is 0 Å². The SMILES string of the molecule is Clc1ccc(-c2nc(Cl)cc(Cl)n2)nn1. The maximum atomic E-state index is 5.72. The Bertz CT molecular complexity index is 465. The van der Waals surface area contributed by atoms with Crippen LogP contribution in [0.15, 0.2) is 18.2 Å². The number of rotatable bonds is 1. The number of halogens is 3. The van der Waals surface area contributed by atoms with Gasteiger partial charge in [0.1, 0.15) is 16.0 Å². The summed E-state index contributed by atoms with van der Waals surface area (Å²) in [6.07, 6.45) is 0. The standard InChI is InChI=1S/C8H3Cl3N4/c9-5-2-1-4(14-15-5)8-12-6(10)3-7(11)13-8/h1-3H. The van der Waals surface area contributed by atoms with Crippen LogP contribution in [0, 0.1) is 0 Å². The lowest BCUT2D eigenvalue weighted by Gasteiger charge is -1.99. The summed E-state index contributed by atoms with van der Waals surface area (Å²) in [6.45, 7) is 0. The van der Waals surface area contributed by atoms with Crippen LogP contribution in [0.5, 0.6) is 0 Å². The van der Waals surface area contributed by atoms with E-state index in [1.807, 2.05) is 0 Å². The molecule has 0 aliphatic carbocycles. The van der Waals surface area contributed by atoms with E-state index >= 15 is 0 Å². The van der Waals surface area contributed by atoms with Crippen LogP contribution in [0.4, 0.5) is 0 Å². The summed E-state index contributed by atoms with van der Waals surface area (Å²) in [5.41, 5.74) is 0.462. The molecule has 0 unspecified atom stereocenters. The molecule has 0 spiro atoms. The van der Waals surface area contributed by atoms with Crippen LogP contribution in [0.1, 0.15) is 0 Å². The van der Waals surface area contributed by atoms with Gasteiger partial charge < -0.3 is 0 Å². The molecule has 0 saturated heterocycles. The molecule has 2 aromatic rings. The summed E-state index contributed by atoms with van der Waals surface area (Å²) >= 11 is 17.0. The van der Waals surface area contributed by atoms with Crippen molar-refractivity contribution in [3.63, 3.8) is 0 Å². The fraction of sp³-hybridized carbons (Fsp3) is 0. The number of nitrogens with zero attached hydrogens (tertiary/aromatic N) is 4. The summed E-state index contributed by atoms with van der Waals surface area (Å²) in [5.74, 6) is 0.316. The van der Waals surface area contributed by atoms with E-state index in [-0.39, 0.29) is 10.3 Å². The average Bonchev–Trinajstić information content (AvgIpc) is 2.17. The third-order valence-electron chi connectivity index (χ3n) is 1.52. The molecule has 0 N–H and O–H groups in total. The minimum atomic E-state index is 0.252. The summed E-state index contributed by atoms with van der Waals surface area (Å²) in [6, 6.07) is 4.66. The highest BCUT2D eigenvalue weighted by Crippen LogP contribution is 2.18. The van der Waals surface area contributed by atoms with Gasteiger partial charge in [0.15, 0.2) is 11.0 Å². The molecule has 0 saturated carbocycles. The largest absolute Gasteiger partial charge is 0.215 e. The highest BCUT2D eigenvalue weighted by molar-refractivity contribution is 6.33. The predicted octanol–water partition coefficient (Wildman–Crippen LogP) is 2.89. The summed E-state index contributed by atoms with van der Waals surface area (Å²) in [4.78, 5) is 7.92. The molecule has 0 amide bonds. The second kappa shape index (κ2) is 4.26. The minimum absolute atomic E-state index is 0.252. The first-order chi connectivity index (χ1) is 7.15. The average molecular weight is 261 g/mol. The van der Waals surface area contributed by atoms with Crippen LogP contribution in [-0.4, -0.2) is 20.2 Å². The molecule has 0 atom stereocenters. The fourth-order valence-electron chi connectivity index (χ4n) is 0.940. The molecule has 76 valence electrons. The van der Waals surface area contributed by atoms with Crippen molar-refractivity contribution >= 4 is 34.8 Å². The maximum absolute atomic E-state index is 5.72. The maximum Gasteiger partial charge on any atom is 0.182 e. The van der Waals surface area contributed by atoms with E-state index in [0.29, 0.717) is 16.7 Å². The Kier molecular flexibility index (Phi) is 3.00. The second-order valence-corrected chi connectivity index (χ2v) is 3.74. The summed E-state index contributed by atoms with van der Waals surface area (Å²) in [7, 11) is 0. The van der Waals surface area contributed by atoms with Crippen molar-refractivity contribution in [2.75, 3.05) is 0 Å². The molecule has 4 nitrogen and oxygen atoms in total. The van der Waals surface area contributed by atoms with Crippen LogP contribution in [0.25, 0.3) is 11.5 Å². The van der Waals surface area contributed by atoms with E-state index in [0.717, 1.165) is 0 Å². The highest BCUT2D eigenvalue weighted by atomic mass is 35.5. The molecule has 0 aliphatic heterocycles. The zero-order chi connectivity index (χ0) is 10.8. The van der Waals surface area contributed by atoms with Gasteiger partial charge in [0.05, 0.1) is 0 Å². The number of hydrogen-bond acceptors (Lipinski definition) is 4. The van der Waals surface area contributed by atoms with Crippen LogP contribution < -0.4 is 0 Å². The van der Waals surface area contributed by atoms with E-state index in [2.05, 4.69) is 20.2 Å². The summed E-state index contributed by atoms with van der Waals surface area (Å²) < 4.78 is 0. The van der Waals surface area contributed by atoms with Gasteiger partial charge in [-0.05, 0) is 12.1 Å². The Morgan fingerprint density at radius 2 is 1.47 bits per heavy atom. The Hall–Kier alpha value is -0.970. The Balaban J connectivity index is 2.49. The van der Waals surface area contributed by atoms with Gasteiger partial charge in [0, 0.05) is 6.07 Å². The molecular formula is C8H3Cl3N4. The Labute approximate surface area is 100 Å². The molecule has 15 heavy (non-hydrogen) atoms. The van der Waals surface area contributed by atoms with Gasteiger partial charge >= 0.3 is 0 Å². The first-order valence-corrected chi connectivity index (χ1v) is 4.98. The first-order valence-electron chi connectivity index (χ1n) is 3.85. The first kappa shape index (κ1) is 10.5. The molecule has 2 rings (SSSR count). The smallest absolute Gasteiger partial charge is 0.182 e. The third kappa shape index (κ3) is 2.53. The molecule has 0 aliphatic rings. The Morgan fingerprint density at radius 1 is 0.800 bits per heavy atom.